The highest BCUT2D eigenvalue weighted by atomic mass is 16.1. The van der Waals surface area contributed by atoms with Crippen molar-refractivity contribution in [2.45, 2.75) is 41.5 Å². The van der Waals surface area contributed by atoms with E-state index in [2.05, 4.69) is 0 Å². The Bertz CT molecular complexity index is 231. The lowest BCUT2D eigenvalue weighted by Gasteiger charge is -2.15. The Hall–Kier alpha value is -0.920. The number of rotatable bonds is 2. The van der Waals surface area contributed by atoms with E-state index < -0.39 is 10.8 Å². The summed E-state index contributed by atoms with van der Waals surface area (Å²) in [6, 6.07) is 0. The molecule has 0 saturated heterocycles. The largest absolute Gasteiger partial charge is 0.294 e. The van der Waals surface area contributed by atoms with Crippen LogP contribution in [-0.2, 0) is 9.59 Å². The molecule has 2 nitrogen and oxygen atoms in total. The van der Waals surface area contributed by atoms with Gasteiger partial charge in [-0.15, -0.1) is 0 Å². The van der Waals surface area contributed by atoms with Gasteiger partial charge in [0.1, 0.15) is 0 Å². The van der Waals surface area contributed by atoms with Gasteiger partial charge in [-0.1, -0.05) is 41.5 Å². The molecule has 0 aliphatic carbocycles. The zero-order valence-electron chi connectivity index (χ0n) is 9.97. The van der Waals surface area contributed by atoms with Crippen molar-refractivity contribution in [3.63, 3.8) is 0 Å². The maximum atomic E-state index is 11.5. The Morgan fingerprint density at radius 3 is 1.07 bits per heavy atom. The van der Waals surface area contributed by atoms with Gasteiger partial charge in [-0.2, -0.15) is 0 Å². The van der Waals surface area contributed by atoms with Gasteiger partial charge < -0.3 is 0 Å². The summed E-state index contributed by atoms with van der Waals surface area (Å²) in [7, 11) is 0. The summed E-state index contributed by atoms with van der Waals surface area (Å²) >= 11 is 0. The van der Waals surface area contributed by atoms with Crippen molar-refractivity contribution in [3.05, 3.63) is 12.2 Å². The summed E-state index contributed by atoms with van der Waals surface area (Å²) in [6.45, 7) is 11.0. The van der Waals surface area contributed by atoms with Crippen LogP contribution < -0.4 is 0 Å². The highest BCUT2D eigenvalue weighted by Crippen LogP contribution is 2.18. The maximum Gasteiger partial charge on any atom is 0.161 e. The first-order chi connectivity index (χ1) is 6.05. The van der Waals surface area contributed by atoms with Crippen LogP contribution in [0.5, 0.6) is 0 Å². The number of carbonyl (C=O) groups is 2. The van der Waals surface area contributed by atoms with Gasteiger partial charge >= 0.3 is 0 Å². The first kappa shape index (κ1) is 13.1. The fourth-order valence-corrected chi connectivity index (χ4v) is 0.651. The molecule has 0 aromatic carbocycles. The first-order valence-corrected chi connectivity index (χ1v) is 4.82. The molecule has 0 heterocycles. The van der Waals surface area contributed by atoms with Crippen molar-refractivity contribution in [2.24, 2.45) is 10.8 Å². The SMILES string of the molecule is CC(C)(C)C(=O)C=CC(=O)C(C)(C)C. The second kappa shape index (κ2) is 4.07. The average molecular weight is 196 g/mol. The lowest BCUT2D eigenvalue weighted by molar-refractivity contribution is -0.123. The van der Waals surface area contributed by atoms with Gasteiger partial charge in [-0.05, 0) is 12.2 Å². The maximum absolute atomic E-state index is 11.5. The average Bonchev–Trinajstić information content (AvgIpc) is 1.95. The lowest BCUT2D eigenvalue weighted by atomic mass is 9.87. The summed E-state index contributed by atoms with van der Waals surface area (Å²) in [5, 5.41) is 0. The van der Waals surface area contributed by atoms with E-state index in [-0.39, 0.29) is 11.6 Å². The van der Waals surface area contributed by atoms with Crippen molar-refractivity contribution in [2.75, 3.05) is 0 Å². The van der Waals surface area contributed by atoms with Gasteiger partial charge in [0.25, 0.3) is 0 Å². The molecule has 0 atom stereocenters. The summed E-state index contributed by atoms with van der Waals surface area (Å²) in [5.74, 6) is -0.0369. The summed E-state index contributed by atoms with van der Waals surface area (Å²) < 4.78 is 0. The number of hydrogen-bond donors (Lipinski definition) is 0. The van der Waals surface area contributed by atoms with E-state index in [0.29, 0.717) is 0 Å². The topological polar surface area (TPSA) is 34.1 Å². The highest BCUT2D eigenvalue weighted by Gasteiger charge is 2.21. The third-order valence-electron chi connectivity index (χ3n) is 1.86. The Kier molecular flexibility index (Phi) is 3.81. The summed E-state index contributed by atoms with van der Waals surface area (Å²) in [4.78, 5) is 22.9. The predicted molar refractivity (Wildman–Crippen MR) is 58.1 cm³/mol. The van der Waals surface area contributed by atoms with Crippen LogP contribution in [-0.4, -0.2) is 11.6 Å². The second-order valence-corrected chi connectivity index (χ2v) is 5.56. The van der Waals surface area contributed by atoms with E-state index in [1.807, 2.05) is 41.5 Å². The van der Waals surface area contributed by atoms with E-state index in [9.17, 15) is 9.59 Å². The molecule has 0 rings (SSSR count). The molecule has 0 unspecified atom stereocenters. The van der Waals surface area contributed by atoms with Crippen molar-refractivity contribution in [3.8, 4) is 0 Å². The summed E-state index contributed by atoms with van der Waals surface area (Å²) in [5.41, 5.74) is -0.816. The molecule has 0 spiro atoms. The normalized spacial score (nSPS) is 13.3. The molecule has 0 N–H and O–H groups in total. The van der Waals surface area contributed by atoms with Crippen LogP contribution in [0.1, 0.15) is 41.5 Å². The zero-order chi connectivity index (χ0) is 11.6. The van der Waals surface area contributed by atoms with Gasteiger partial charge in [-0.3, -0.25) is 9.59 Å². The molecule has 2 heteroatoms. The number of carbonyl (C=O) groups excluding carboxylic acids is 2. The molecule has 0 radical (unpaired) electrons. The number of hydrogen-bond acceptors (Lipinski definition) is 2. The molecule has 0 saturated carbocycles. The third kappa shape index (κ3) is 4.35. The fraction of sp³-hybridized carbons (Fsp3) is 0.667. The number of ketones is 2. The molecule has 0 fully saturated rings. The molecule has 0 aliphatic heterocycles. The van der Waals surface area contributed by atoms with Gasteiger partial charge in [0.05, 0.1) is 0 Å². The standard InChI is InChI=1S/C12H20O2/c1-11(2,3)9(13)7-8-10(14)12(4,5)6/h7-8H,1-6H3. The van der Waals surface area contributed by atoms with Crippen LogP contribution in [0.25, 0.3) is 0 Å². The molecule has 0 bridgehead atoms. The van der Waals surface area contributed by atoms with Crippen LogP contribution in [0.3, 0.4) is 0 Å². The van der Waals surface area contributed by atoms with Crippen LogP contribution in [0, 0.1) is 10.8 Å². The van der Waals surface area contributed by atoms with E-state index in [1.54, 1.807) is 0 Å². The third-order valence-corrected chi connectivity index (χ3v) is 1.86. The summed E-state index contributed by atoms with van der Waals surface area (Å²) in [6.07, 6.45) is 2.77. The van der Waals surface area contributed by atoms with Crippen LogP contribution in [0.4, 0.5) is 0 Å². The minimum Gasteiger partial charge on any atom is -0.294 e. The molecule has 14 heavy (non-hydrogen) atoms. The minimum atomic E-state index is -0.408. The van der Waals surface area contributed by atoms with Crippen molar-refractivity contribution in [1.82, 2.24) is 0 Å². The molecule has 80 valence electrons. The van der Waals surface area contributed by atoms with Gasteiger partial charge in [0, 0.05) is 10.8 Å². The van der Waals surface area contributed by atoms with Crippen LogP contribution in [0.2, 0.25) is 0 Å². The van der Waals surface area contributed by atoms with Gasteiger partial charge in [0.2, 0.25) is 0 Å². The first-order valence-electron chi connectivity index (χ1n) is 4.82. The fourth-order valence-electron chi connectivity index (χ4n) is 0.651. The van der Waals surface area contributed by atoms with Crippen molar-refractivity contribution in [1.29, 1.82) is 0 Å². The lowest BCUT2D eigenvalue weighted by Crippen LogP contribution is -2.20. The van der Waals surface area contributed by atoms with Gasteiger partial charge in [0.15, 0.2) is 11.6 Å². The Balaban J connectivity index is 4.49. The van der Waals surface area contributed by atoms with E-state index >= 15 is 0 Å². The Labute approximate surface area is 86.4 Å². The highest BCUT2D eigenvalue weighted by molar-refractivity contribution is 6.02. The molecular weight excluding hydrogens is 176 g/mol. The van der Waals surface area contributed by atoms with Crippen LogP contribution in [0.15, 0.2) is 12.2 Å². The predicted octanol–water partition coefficient (Wildman–Crippen LogP) is 2.77. The Morgan fingerprint density at radius 2 is 0.929 bits per heavy atom. The zero-order valence-corrected chi connectivity index (χ0v) is 9.97. The minimum absolute atomic E-state index is 0.0184. The molecule has 0 amide bonds. The van der Waals surface area contributed by atoms with Crippen molar-refractivity contribution < 1.29 is 9.59 Å². The quantitative estimate of drug-likeness (QED) is 0.636. The van der Waals surface area contributed by atoms with Crippen molar-refractivity contribution >= 4 is 11.6 Å². The number of allylic oxidation sites excluding steroid dienone is 2. The van der Waals surface area contributed by atoms with E-state index in [0.717, 1.165) is 0 Å². The Morgan fingerprint density at radius 1 is 0.714 bits per heavy atom. The monoisotopic (exact) mass is 196 g/mol. The molecule has 0 aliphatic rings. The molecule has 0 aromatic heterocycles. The van der Waals surface area contributed by atoms with E-state index in [1.165, 1.54) is 12.2 Å². The molecular formula is C12H20O2. The van der Waals surface area contributed by atoms with Crippen LogP contribution >= 0.6 is 0 Å². The smallest absolute Gasteiger partial charge is 0.161 e. The molecule has 0 aromatic rings. The van der Waals surface area contributed by atoms with Gasteiger partial charge in [-0.25, -0.2) is 0 Å². The van der Waals surface area contributed by atoms with E-state index in [4.69, 9.17) is 0 Å². The second-order valence-electron chi connectivity index (χ2n) is 5.56.